The number of nitrogens with zero attached hydrogens (tertiary/aromatic N) is 3. The molecule has 0 saturated carbocycles. The Balaban J connectivity index is 1.40. The highest BCUT2D eigenvalue weighted by atomic mass is 15.2. The van der Waals surface area contributed by atoms with Crippen molar-refractivity contribution in [2.75, 3.05) is 26.2 Å². The number of likely N-dealkylation sites (tertiary alicyclic amines) is 2. The fraction of sp³-hybridized carbons (Fsp3) is 0.550. The summed E-state index contributed by atoms with van der Waals surface area (Å²) in [7, 11) is 0. The topological polar surface area (TPSA) is 35.2 Å². The van der Waals surface area contributed by atoms with E-state index >= 15 is 0 Å². The number of H-pyrrole nitrogens is 1. The van der Waals surface area contributed by atoms with Crippen molar-refractivity contribution in [3.05, 3.63) is 54.1 Å². The first-order valence-electron chi connectivity index (χ1n) is 9.27. The van der Waals surface area contributed by atoms with Gasteiger partial charge in [0.25, 0.3) is 0 Å². The van der Waals surface area contributed by atoms with Crippen LogP contribution in [-0.2, 0) is 13.1 Å². The lowest BCUT2D eigenvalue weighted by Crippen LogP contribution is -2.51. The first-order valence-corrected chi connectivity index (χ1v) is 9.27. The molecule has 24 heavy (non-hydrogen) atoms. The van der Waals surface area contributed by atoms with E-state index in [1.807, 2.05) is 6.20 Å². The maximum atomic E-state index is 4.16. The second kappa shape index (κ2) is 7.08. The summed E-state index contributed by atoms with van der Waals surface area (Å²) >= 11 is 0. The summed E-state index contributed by atoms with van der Waals surface area (Å²) in [5.74, 6) is 0. The summed E-state index contributed by atoms with van der Waals surface area (Å²) < 4.78 is 0. The van der Waals surface area contributed by atoms with Crippen LogP contribution in [0.5, 0.6) is 0 Å². The van der Waals surface area contributed by atoms with Crippen molar-refractivity contribution < 1.29 is 0 Å². The lowest BCUT2D eigenvalue weighted by molar-refractivity contribution is 0.00740. The predicted octanol–water partition coefficient (Wildman–Crippen LogP) is 3.29. The first-order chi connectivity index (χ1) is 11.8. The zero-order chi connectivity index (χ0) is 16.2. The maximum Gasteiger partial charge on any atom is 0.0922 e. The smallest absolute Gasteiger partial charge is 0.0922 e. The van der Waals surface area contributed by atoms with Gasteiger partial charge in [-0.1, -0.05) is 30.3 Å². The molecule has 1 aromatic heterocycles. The summed E-state index contributed by atoms with van der Waals surface area (Å²) in [6.07, 6.45) is 9.19. The molecule has 3 heterocycles. The van der Waals surface area contributed by atoms with Crippen LogP contribution in [0, 0.1) is 5.41 Å². The van der Waals surface area contributed by atoms with E-state index in [4.69, 9.17) is 0 Å². The van der Waals surface area contributed by atoms with E-state index in [1.54, 1.807) is 6.33 Å². The summed E-state index contributed by atoms with van der Waals surface area (Å²) in [5, 5.41) is 0. The van der Waals surface area contributed by atoms with Crippen LogP contribution in [0.25, 0.3) is 0 Å². The highest BCUT2D eigenvalue weighted by Crippen LogP contribution is 2.39. The summed E-state index contributed by atoms with van der Waals surface area (Å²) in [6, 6.07) is 10.9. The number of imidazole rings is 1. The zero-order valence-corrected chi connectivity index (χ0v) is 14.5. The van der Waals surface area contributed by atoms with Crippen molar-refractivity contribution in [3.63, 3.8) is 0 Å². The van der Waals surface area contributed by atoms with Gasteiger partial charge in [-0.2, -0.15) is 0 Å². The molecular weight excluding hydrogens is 296 g/mol. The molecule has 0 aliphatic carbocycles. The minimum atomic E-state index is 0.491. The Kier molecular flexibility index (Phi) is 4.67. The van der Waals surface area contributed by atoms with Crippen molar-refractivity contribution in [1.82, 2.24) is 19.8 Å². The quantitative estimate of drug-likeness (QED) is 0.937. The van der Waals surface area contributed by atoms with Gasteiger partial charge in [-0.05, 0) is 49.8 Å². The molecule has 4 rings (SSSR count). The molecular formula is C20H28N4. The van der Waals surface area contributed by atoms with Gasteiger partial charge in [-0.15, -0.1) is 0 Å². The minimum Gasteiger partial charge on any atom is -0.347 e. The highest BCUT2D eigenvalue weighted by Gasteiger charge is 2.39. The molecule has 1 spiro atoms. The number of benzene rings is 1. The summed E-state index contributed by atoms with van der Waals surface area (Å²) in [4.78, 5) is 12.7. The average molecular weight is 324 g/mol. The first kappa shape index (κ1) is 15.9. The monoisotopic (exact) mass is 324 g/mol. The lowest BCUT2D eigenvalue weighted by Gasteiger charge is -2.48. The third-order valence-corrected chi connectivity index (χ3v) is 5.68. The number of aromatic amines is 1. The van der Waals surface area contributed by atoms with E-state index in [2.05, 4.69) is 50.1 Å². The van der Waals surface area contributed by atoms with Crippen molar-refractivity contribution >= 4 is 0 Å². The predicted molar refractivity (Wildman–Crippen MR) is 96.5 cm³/mol. The van der Waals surface area contributed by atoms with Crippen LogP contribution < -0.4 is 0 Å². The number of rotatable bonds is 4. The van der Waals surface area contributed by atoms with Gasteiger partial charge in [0, 0.05) is 38.1 Å². The molecule has 2 fully saturated rings. The maximum absolute atomic E-state index is 4.16. The third-order valence-electron chi connectivity index (χ3n) is 5.68. The minimum absolute atomic E-state index is 0.491. The number of hydrogen-bond acceptors (Lipinski definition) is 3. The molecule has 1 aromatic carbocycles. The molecule has 0 unspecified atom stereocenters. The van der Waals surface area contributed by atoms with Gasteiger partial charge >= 0.3 is 0 Å². The summed E-state index contributed by atoms with van der Waals surface area (Å²) in [5.41, 5.74) is 3.18. The molecule has 0 radical (unpaired) electrons. The summed E-state index contributed by atoms with van der Waals surface area (Å²) in [6.45, 7) is 7.07. The molecule has 2 aromatic rings. The molecule has 128 valence electrons. The standard InChI is InChI=1S/C20H28N4/c1-2-6-18(7-3-1)13-23-10-4-8-20(15-23)9-5-11-24(16-20)14-19-12-21-17-22-19/h1-3,6-7,12,17H,4-5,8-11,13-16H2,(H,21,22)/t20-/m1/s1. The van der Waals surface area contributed by atoms with Crippen LogP contribution in [0.2, 0.25) is 0 Å². The molecule has 0 bridgehead atoms. The Morgan fingerprint density at radius 1 is 0.958 bits per heavy atom. The van der Waals surface area contributed by atoms with Crippen LogP contribution in [0.1, 0.15) is 36.9 Å². The second-order valence-corrected chi connectivity index (χ2v) is 7.69. The van der Waals surface area contributed by atoms with E-state index in [0.29, 0.717) is 5.41 Å². The molecule has 0 amide bonds. The number of nitrogens with one attached hydrogen (secondary N) is 1. The SMILES string of the molecule is c1ccc(CN2CCC[C@@]3(CCCN(Cc4cnc[nH]4)C3)C2)cc1. The Morgan fingerprint density at radius 2 is 1.67 bits per heavy atom. The highest BCUT2D eigenvalue weighted by molar-refractivity contribution is 5.14. The average Bonchev–Trinajstić information content (AvgIpc) is 3.09. The normalized spacial score (nSPS) is 26.0. The van der Waals surface area contributed by atoms with Gasteiger partial charge in [-0.3, -0.25) is 9.80 Å². The van der Waals surface area contributed by atoms with Crippen LogP contribution in [0.4, 0.5) is 0 Å². The van der Waals surface area contributed by atoms with Crippen molar-refractivity contribution in [1.29, 1.82) is 0 Å². The van der Waals surface area contributed by atoms with Gasteiger partial charge in [0.1, 0.15) is 0 Å². The van der Waals surface area contributed by atoms with Gasteiger partial charge in [-0.25, -0.2) is 4.98 Å². The van der Waals surface area contributed by atoms with Crippen LogP contribution in [-0.4, -0.2) is 45.9 Å². The fourth-order valence-electron chi connectivity index (χ4n) is 4.68. The lowest BCUT2D eigenvalue weighted by atomic mass is 9.73. The van der Waals surface area contributed by atoms with E-state index in [9.17, 15) is 0 Å². The fourth-order valence-corrected chi connectivity index (χ4v) is 4.68. The van der Waals surface area contributed by atoms with Gasteiger partial charge in [0.15, 0.2) is 0 Å². The number of piperidine rings is 2. The Labute approximate surface area is 144 Å². The third kappa shape index (κ3) is 3.70. The Hall–Kier alpha value is -1.65. The van der Waals surface area contributed by atoms with Gasteiger partial charge in [0.2, 0.25) is 0 Å². The molecule has 2 aliphatic rings. The van der Waals surface area contributed by atoms with Gasteiger partial charge < -0.3 is 4.98 Å². The van der Waals surface area contributed by atoms with E-state index in [1.165, 1.54) is 63.1 Å². The zero-order valence-electron chi connectivity index (χ0n) is 14.5. The Bertz CT molecular complexity index is 620. The van der Waals surface area contributed by atoms with Crippen molar-refractivity contribution in [3.8, 4) is 0 Å². The Morgan fingerprint density at radius 3 is 2.33 bits per heavy atom. The molecule has 4 nitrogen and oxygen atoms in total. The number of hydrogen-bond donors (Lipinski definition) is 1. The number of aromatic nitrogens is 2. The van der Waals surface area contributed by atoms with E-state index < -0.39 is 0 Å². The van der Waals surface area contributed by atoms with Crippen LogP contribution >= 0.6 is 0 Å². The van der Waals surface area contributed by atoms with Crippen LogP contribution in [0.3, 0.4) is 0 Å². The second-order valence-electron chi connectivity index (χ2n) is 7.69. The van der Waals surface area contributed by atoms with E-state index in [-0.39, 0.29) is 0 Å². The van der Waals surface area contributed by atoms with Crippen LogP contribution in [0.15, 0.2) is 42.9 Å². The van der Waals surface area contributed by atoms with Crippen molar-refractivity contribution in [2.24, 2.45) is 5.41 Å². The molecule has 4 heteroatoms. The van der Waals surface area contributed by atoms with E-state index in [0.717, 1.165) is 13.1 Å². The molecule has 1 atom stereocenters. The molecule has 2 aliphatic heterocycles. The largest absolute Gasteiger partial charge is 0.347 e. The molecule has 1 N–H and O–H groups in total. The van der Waals surface area contributed by atoms with Crippen molar-refractivity contribution in [2.45, 2.75) is 38.8 Å². The van der Waals surface area contributed by atoms with Gasteiger partial charge in [0.05, 0.1) is 6.33 Å². The molecule has 2 saturated heterocycles.